The van der Waals surface area contributed by atoms with Crippen LogP contribution < -0.4 is 11.1 Å². The summed E-state index contributed by atoms with van der Waals surface area (Å²) >= 11 is 0. The van der Waals surface area contributed by atoms with Crippen molar-refractivity contribution in [3.05, 3.63) is 17.8 Å². The molecule has 0 fully saturated rings. The van der Waals surface area contributed by atoms with E-state index in [2.05, 4.69) is 10.3 Å². The molecule has 17 heavy (non-hydrogen) atoms. The largest absolute Gasteiger partial charge is 0.444 e. The van der Waals surface area contributed by atoms with E-state index in [4.69, 9.17) is 10.2 Å². The van der Waals surface area contributed by atoms with Gasteiger partial charge in [-0.25, -0.2) is 4.98 Å². The minimum absolute atomic E-state index is 0.161. The van der Waals surface area contributed by atoms with Crippen molar-refractivity contribution in [2.45, 2.75) is 46.2 Å². The Bertz CT molecular complexity index is 376. The van der Waals surface area contributed by atoms with Crippen LogP contribution in [0.2, 0.25) is 0 Å². The van der Waals surface area contributed by atoms with Crippen molar-refractivity contribution < 1.29 is 9.21 Å². The zero-order chi connectivity index (χ0) is 13.0. The molecule has 0 spiro atoms. The van der Waals surface area contributed by atoms with Crippen LogP contribution >= 0.6 is 0 Å². The van der Waals surface area contributed by atoms with E-state index in [1.165, 1.54) is 0 Å². The topological polar surface area (TPSA) is 81.2 Å². The smallest absolute Gasteiger partial charge is 0.237 e. The summed E-state index contributed by atoms with van der Waals surface area (Å²) in [6, 6.07) is -0.746. The molecule has 1 amide bonds. The fourth-order valence-corrected chi connectivity index (χ4v) is 1.46. The Labute approximate surface area is 102 Å². The number of aryl methyl sites for hydroxylation is 1. The molecular formula is C12H21N3O2. The molecule has 0 saturated carbocycles. The number of rotatable bonds is 5. The van der Waals surface area contributed by atoms with Crippen molar-refractivity contribution in [1.82, 2.24) is 10.3 Å². The third kappa shape index (κ3) is 3.56. The Morgan fingerprint density at radius 3 is 2.71 bits per heavy atom. The Morgan fingerprint density at radius 1 is 1.59 bits per heavy atom. The highest BCUT2D eigenvalue weighted by Crippen LogP contribution is 2.13. The van der Waals surface area contributed by atoms with Crippen LogP contribution in [-0.2, 0) is 4.79 Å². The van der Waals surface area contributed by atoms with Gasteiger partial charge in [0.15, 0.2) is 0 Å². The van der Waals surface area contributed by atoms with E-state index in [9.17, 15) is 4.79 Å². The van der Waals surface area contributed by atoms with E-state index in [0.29, 0.717) is 5.89 Å². The SMILES string of the molecule is CCC(C)C(N)C(=O)NC(C)c1ncc(C)o1. The molecule has 1 aromatic rings. The number of oxazole rings is 1. The average Bonchev–Trinajstić information content (AvgIpc) is 2.73. The number of amides is 1. The third-order valence-electron chi connectivity index (χ3n) is 2.93. The van der Waals surface area contributed by atoms with E-state index >= 15 is 0 Å². The van der Waals surface area contributed by atoms with Gasteiger partial charge in [0.05, 0.1) is 12.2 Å². The molecule has 0 aliphatic rings. The van der Waals surface area contributed by atoms with Gasteiger partial charge in [-0.1, -0.05) is 20.3 Å². The summed E-state index contributed by atoms with van der Waals surface area (Å²) in [7, 11) is 0. The average molecular weight is 239 g/mol. The maximum atomic E-state index is 11.8. The Morgan fingerprint density at radius 2 is 2.24 bits per heavy atom. The first-order chi connectivity index (χ1) is 7.95. The van der Waals surface area contributed by atoms with E-state index in [1.54, 1.807) is 6.20 Å². The van der Waals surface area contributed by atoms with Crippen LogP contribution in [0.3, 0.4) is 0 Å². The maximum Gasteiger partial charge on any atom is 0.237 e. The van der Waals surface area contributed by atoms with Crippen molar-refractivity contribution in [3.8, 4) is 0 Å². The highest BCUT2D eigenvalue weighted by atomic mass is 16.4. The molecule has 5 nitrogen and oxygen atoms in total. The van der Waals surface area contributed by atoms with E-state index in [0.717, 1.165) is 12.2 Å². The number of aromatic nitrogens is 1. The van der Waals surface area contributed by atoms with Crippen LogP contribution in [0.25, 0.3) is 0 Å². The molecule has 3 N–H and O–H groups in total. The molecular weight excluding hydrogens is 218 g/mol. The Kier molecular flexibility index (Phi) is 4.69. The molecule has 1 heterocycles. The molecule has 0 aromatic carbocycles. The van der Waals surface area contributed by atoms with Crippen LogP contribution in [0, 0.1) is 12.8 Å². The fourth-order valence-electron chi connectivity index (χ4n) is 1.46. The van der Waals surface area contributed by atoms with Gasteiger partial charge in [-0.3, -0.25) is 4.79 Å². The lowest BCUT2D eigenvalue weighted by atomic mass is 9.99. The number of carbonyl (C=O) groups excluding carboxylic acids is 1. The molecule has 0 saturated heterocycles. The number of nitrogens with two attached hydrogens (primary N) is 1. The van der Waals surface area contributed by atoms with E-state index in [-0.39, 0.29) is 17.9 Å². The summed E-state index contributed by atoms with van der Waals surface area (Å²) in [6.45, 7) is 7.62. The summed E-state index contributed by atoms with van der Waals surface area (Å²) < 4.78 is 5.35. The van der Waals surface area contributed by atoms with E-state index < -0.39 is 6.04 Å². The van der Waals surface area contributed by atoms with Crippen LogP contribution in [0.15, 0.2) is 10.6 Å². The van der Waals surface area contributed by atoms with Crippen LogP contribution in [0.5, 0.6) is 0 Å². The molecule has 0 radical (unpaired) electrons. The van der Waals surface area contributed by atoms with Crippen LogP contribution in [0.1, 0.15) is 44.9 Å². The zero-order valence-electron chi connectivity index (χ0n) is 10.9. The Balaban J connectivity index is 2.57. The second-order valence-corrected chi connectivity index (χ2v) is 4.45. The lowest BCUT2D eigenvalue weighted by Crippen LogP contribution is -2.45. The van der Waals surface area contributed by atoms with Crippen molar-refractivity contribution >= 4 is 5.91 Å². The quantitative estimate of drug-likeness (QED) is 0.816. The fraction of sp³-hybridized carbons (Fsp3) is 0.667. The predicted octanol–water partition coefficient (Wildman–Crippen LogP) is 1.53. The standard InChI is InChI=1S/C12H21N3O2/c1-5-7(2)10(13)11(16)15-9(4)12-14-6-8(3)17-12/h6-7,9-10H,5,13H2,1-4H3,(H,15,16). The normalized spacial score (nSPS) is 16.3. The van der Waals surface area contributed by atoms with Crippen molar-refractivity contribution in [2.24, 2.45) is 11.7 Å². The van der Waals surface area contributed by atoms with Crippen molar-refractivity contribution in [3.63, 3.8) is 0 Å². The second-order valence-electron chi connectivity index (χ2n) is 4.45. The predicted molar refractivity (Wildman–Crippen MR) is 65.2 cm³/mol. The zero-order valence-corrected chi connectivity index (χ0v) is 10.9. The highest BCUT2D eigenvalue weighted by Gasteiger charge is 2.22. The minimum Gasteiger partial charge on any atom is -0.444 e. The summed E-state index contributed by atoms with van der Waals surface area (Å²) in [6.07, 6.45) is 2.51. The van der Waals surface area contributed by atoms with Crippen LogP contribution in [-0.4, -0.2) is 16.9 Å². The molecule has 3 unspecified atom stereocenters. The van der Waals surface area contributed by atoms with E-state index in [1.807, 2.05) is 27.7 Å². The highest BCUT2D eigenvalue weighted by molar-refractivity contribution is 5.82. The van der Waals surface area contributed by atoms with Gasteiger partial charge in [-0.05, 0) is 19.8 Å². The van der Waals surface area contributed by atoms with Crippen molar-refractivity contribution in [1.29, 1.82) is 0 Å². The Hall–Kier alpha value is -1.36. The van der Waals surface area contributed by atoms with Gasteiger partial charge in [0.25, 0.3) is 0 Å². The summed E-state index contributed by atoms with van der Waals surface area (Å²) in [5.74, 6) is 1.23. The van der Waals surface area contributed by atoms with Gasteiger partial charge in [0, 0.05) is 0 Å². The molecule has 1 rings (SSSR count). The maximum absolute atomic E-state index is 11.8. The molecule has 5 heteroatoms. The monoisotopic (exact) mass is 239 g/mol. The van der Waals surface area contributed by atoms with Gasteiger partial charge in [0.1, 0.15) is 11.8 Å². The first kappa shape index (κ1) is 13.7. The van der Waals surface area contributed by atoms with Gasteiger partial charge < -0.3 is 15.5 Å². The summed E-state index contributed by atoms with van der Waals surface area (Å²) in [5, 5.41) is 2.80. The van der Waals surface area contributed by atoms with Crippen LogP contribution in [0.4, 0.5) is 0 Å². The molecule has 0 aliphatic carbocycles. The number of nitrogens with zero attached hydrogens (tertiary/aromatic N) is 1. The molecule has 1 aromatic heterocycles. The number of nitrogens with one attached hydrogen (secondary N) is 1. The first-order valence-electron chi connectivity index (χ1n) is 5.94. The number of carbonyl (C=O) groups is 1. The molecule has 96 valence electrons. The lowest BCUT2D eigenvalue weighted by molar-refractivity contribution is -0.124. The van der Waals surface area contributed by atoms with Crippen molar-refractivity contribution in [2.75, 3.05) is 0 Å². The molecule has 0 bridgehead atoms. The number of hydrogen-bond acceptors (Lipinski definition) is 4. The summed E-state index contributed by atoms with van der Waals surface area (Å²) in [4.78, 5) is 15.9. The number of hydrogen-bond donors (Lipinski definition) is 2. The third-order valence-corrected chi connectivity index (χ3v) is 2.93. The first-order valence-corrected chi connectivity index (χ1v) is 5.94. The molecule has 3 atom stereocenters. The summed E-state index contributed by atoms with van der Waals surface area (Å²) in [5.41, 5.74) is 5.84. The van der Waals surface area contributed by atoms with Gasteiger partial charge >= 0.3 is 0 Å². The second kappa shape index (κ2) is 5.82. The van der Waals surface area contributed by atoms with Gasteiger partial charge in [-0.2, -0.15) is 0 Å². The van der Waals surface area contributed by atoms with Gasteiger partial charge in [-0.15, -0.1) is 0 Å². The molecule has 0 aliphatic heterocycles. The van der Waals surface area contributed by atoms with Gasteiger partial charge in [0.2, 0.25) is 11.8 Å². The lowest BCUT2D eigenvalue weighted by Gasteiger charge is -2.19. The minimum atomic E-state index is -0.487.